The van der Waals surface area contributed by atoms with E-state index in [4.69, 9.17) is 16.0 Å². The number of anilines is 2. The molecule has 3 aromatic rings. The fourth-order valence-corrected chi connectivity index (χ4v) is 4.09. The molecule has 1 aliphatic heterocycles. The van der Waals surface area contributed by atoms with Crippen molar-refractivity contribution in [2.24, 2.45) is 5.92 Å². The first-order chi connectivity index (χ1) is 16.3. The lowest BCUT2D eigenvalue weighted by atomic mass is 10.1. The first-order valence-electron chi connectivity index (χ1n) is 11.3. The van der Waals surface area contributed by atoms with Gasteiger partial charge in [0.1, 0.15) is 11.6 Å². The number of carbonyl (C=O) groups excluding carboxylic acids is 2. The zero-order chi connectivity index (χ0) is 24.2. The van der Waals surface area contributed by atoms with E-state index in [1.807, 2.05) is 29.2 Å². The second kappa shape index (κ2) is 10.3. The molecule has 4 rings (SSSR count). The Labute approximate surface area is 203 Å². The highest BCUT2D eigenvalue weighted by molar-refractivity contribution is 6.31. The number of nitrogens with zero attached hydrogens (tertiary/aromatic N) is 2. The smallest absolute Gasteiger partial charge is 0.291 e. The van der Waals surface area contributed by atoms with Gasteiger partial charge < -0.3 is 19.5 Å². The number of furan rings is 1. The van der Waals surface area contributed by atoms with E-state index in [1.165, 1.54) is 12.1 Å². The average Bonchev–Trinajstić information content (AvgIpc) is 3.32. The molecule has 0 saturated carbocycles. The lowest BCUT2D eigenvalue weighted by molar-refractivity contribution is -0.132. The molecular weight excluding hydrogens is 457 g/mol. The number of hydrogen-bond acceptors (Lipinski definition) is 4. The second-order valence-corrected chi connectivity index (χ2v) is 9.17. The molecule has 178 valence electrons. The van der Waals surface area contributed by atoms with Crippen molar-refractivity contribution in [2.45, 2.75) is 20.3 Å². The summed E-state index contributed by atoms with van der Waals surface area (Å²) in [5.41, 5.74) is 2.27. The van der Waals surface area contributed by atoms with Crippen LogP contribution in [0.4, 0.5) is 15.8 Å². The third-order valence-electron chi connectivity index (χ3n) is 5.74. The van der Waals surface area contributed by atoms with Crippen LogP contribution in [0.1, 0.15) is 30.8 Å². The van der Waals surface area contributed by atoms with Crippen LogP contribution in [0.3, 0.4) is 0 Å². The van der Waals surface area contributed by atoms with Crippen molar-refractivity contribution in [1.29, 1.82) is 0 Å². The average molecular weight is 484 g/mol. The first kappa shape index (κ1) is 23.8. The molecule has 0 spiro atoms. The minimum absolute atomic E-state index is 0.0106. The number of rotatable bonds is 6. The van der Waals surface area contributed by atoms with Crippen molar-refractivity contribution in [3.05, 3.63) is 71.2 Å². The fraction of sp³-hybridized carbons (Fsp3) is 0.308. The molecule has 2 amide bonds. The van der Waals surface area contributed by atoms with Crippen molar-refractivity contribution in [3.8, 4) is 11.3 Å². The molecule has 1 fully saturated rings. The number of benzene rings is 2. The summed E-state index contributed by atoms with van der Waals surface area (Å²) in [5, 5.41) is 2.81. The van der Waals surface area contributed by atoms with E-state index in [0.29, 0.717) is 42.4 Å². The van der Waals surface area contributed by atoms with E-state index in [-0.39, 0.29) is 22.6 Å². The van der Waals surface area contributed by atoms with Crippen LogP contribution in [-0.4, -0.2) is 42.9 Å². The normalized spacial score (nSPS) is 13.9. The highest BCUT2D eigenvalue weighted by Crippen LogP contribution is 2.27. The SMILES string of the molecule is CC(C)CC(=O)N1CCN(c2ccc(NC(=O)c3ccc(-c4ccc(F)c(Cl)c4)o3)cc2)CC1. The van der Waals surface area contributed by atoms with Gasteiger partial charge >= 0.3 is 0 Å². The Morgan fingerprint density at radius 1 is 1.03 bits per heavy atom. The summed E-state index contributed by atoms with van der Waals surface area (Å²) in [6.45, 7) is 7.09. The number of carbonyl (C=O) groups is 2. The highest BCUT2D eigenvalue weighted by atomic mass is 35.5. The van der Waals surface area contributed by atoms with Gasteiger partial charge in [0.05, 0.1) is 5.02 Å². The molecule has 0 unspecified atom stereocenters. The molecule has 0 aliphatic carbocycles. The fourth-order valence-electron chi connectivity index (χ4n) is 3.91. The predicted octanol–water partition coefficient (Wildman–Crippen LogP) is 5.69. The number of piperazine rings is 1. The minimum atomic E-state index is -0.514. The Morgan fingerprint density at radius 3 is 2.38 bits per heavy atom. The van der Waals surface area contributed by atoms with Gasteiger partial charge in [-0.3, -0.25) is 9.59 Å². The minimum Gasteiger partial charge on any atom is -0.451 e. The van der Waals surface area contributed by atoms with Crippen LogP contribution in [0.15, 0.2) is 59.0 Å². The van der Waals surface area contributed by atoms with Crippen molar-refractivity contribution in [1.82, 2.24) is 4.90 Å². The molecule has 34 heavy (non-hydrogen) atoms. The summed E-state index contributed by atoms with van der Waals surface area (Å²) < 4.78 is 19.0. The largest absolute Gasteiger partial charge is 0.451 e. The molecule has 1 saturated heterocycles. The van der Waals surface area contributed by atoms with Gasteiger partial charge in [0, 0.05) is 49.5 Å². The van der Waals surface area contributed by atoms with E-state index in [9.17, 15) is 14.0 Å². The van der Waals surface area contributed by atoms with Gasteiger partial charge in [0.2, 0.25) is 5.91 Å². The molecule has 1 N–H and O–H groups in total. The van der Waals surface area contributed by atoms with Crippen molar-refractivity contribution < 1.29 is 18.4 Å². The van der Waals surface area contributed by atoms with Crippen LogP contribution < -0.4 is 10.2 Å². The molecule has 1 aliphatic rings. The summed E-state index contributed by atoms with van der Waals surface area (Å²) in [7, 11) is 0. The van der Waals surface area contributed by atoms with E-state index >= 15 is 0 Å². The van der Waals surface area contributed by atoms with E-state index < -0.39 is 5.82 Å². The standard InChI is InChI=1S/C26H27ClFN3O3/c1-17(2)15-25(32)31-13-11-30(12-14-31)20-6-4-19(5-7-20)29-26(33)24-10-9-23(34-24)18-3-8-22(28)21(27)16-18/h3-10,16-17H,11-15H2,1-2H3,(H,29,33). The Balaban J connectivity index is 1.33. The molecule has 0 bridgehead atoms. The van der Waals surface area contributed by atoms with Gasteiger partial charge in [-0.25, -0.2) is 4.39 Å². The number of halogens is 2. The number of nitrogens with one attached hydrogen (secondary N) is 1. The molecule has 1 aromatic heterocycles. The van der Waals surface area contributed by atoms with Crippen molar-refractivity contribution >= 4 is 34.8 Å². The van der Waals surface area contributed by atoms with Crippen molar-refractivity contribution in [3.63, 3.8) is 0 Å². The maximum atomic E-state index is 13.4. The van der Waals surface area contributed by atoms with E-state index in [1.54, 1.807) is 18.2 Å². The molecule has 0 atom stereocenters. The van der Waals surface area contributed by atoms with Gasteiger partial charge in [0.15, 0.2) is 5.76 Å². The van der Waals surface area contributed by atoms with Crippen LogP contribution in [0.2, 0.25) is 5.02 Å². The van der Waals surface area contributed by atoms with Crippen LogP contribution in [0, 0.1) is 11.7 Å². The predicted molar refractivity (Wildman–Crippen MR) is 132 cm³/mol. The Kier molecular flexibility index (Phi) is 7.22. The monoisotopic (exact) mass is 483 g/mol. The second-order valence-electron chi connectivity index (χ2n) is 8.76. The maximum absolute atomic E-state index is 13.4. The van der Waals surface area contributed by atoms with Gasteiger partial charge in [0.25, 0.3) is 5.91 Å². The zero-order valence-electron chi connectivity index (χ0n) is 19.2. The summed E-state index contributed by atoms with van der Waals surface area (Å²) >= 11 is 5.83. The molecule has 2 heterocycles. The van der Waals surface area contributed by atoms with Crippen LogP contribution >= 0.6 is 11.6 Å². The summed E-state index contributed by atoms with van der Waals surface area (Å²) in [4.78, 5) is 29.0. The number of hydrogen-bond donors (Lipinski definition) is 1. The van der Waals surface area contributed by atoms with E-state index in [2.05, 4.69) is 24.1 Å². The van der Waals surface area contributed by atoms with Gasteiger partial charge in [-0.15, -0.1) is 0 Å². The molecule has 6 nitrogen and oxygen atoms in total. The third kappa shape index (κ3) is 5.59. The molecule has 2 aromatic carbocycles. The van der Waals surface area contributed by atoms with Gasteiger partial charge in [-0.05, 0) is 60.5 Å². The van der Waals surface area contributed by atoms with Crippen LogP contribution in [0.25, 0.3) is 11.3 Å². The Bertz CT molecular complexity index is 1170. The molecule has 8 heteroatoms. The van der Waals surface area contributed by atoms with Crippen LogP contribution in [0.5, 0.6) is 0 Å². The highest BCUT2D eigenvalue weighted by Gasteiger charge is 2.22. The third-order valence-corrected chi connectivity index (χ3v) is 6.03. The summed E-state index contributed by atoms with van der Waals surface area (Å²) in [6, 6.07) is 15.1. The lowest BCUT2D eigenvalue weighted by Gasteiger charge is -2.36. The lowest BCUT2D eigenvalue weighted by Crippen LogP contribution is -2.49. The number of amides is 2. The summed E-state index contributed by atoms with van der Waals surface area (Å²) in [6.07, 6.45) is 0.587. The first-order valence-corrected chi connectivity index (χ1v) is 11.7. The van der Waals surface area contributed by atoms with Crippen molar-refractivity contribution in [2.75, 3.05) is 36.4 Å². The zero-order valence-corrected chi connectivity index (χ0v) is 19.9. The topological polar surface area (TPSA) is 65.8 Å². The van der Waals surface area contributed by atoms with Crippen LogP contribution in [-0.2, 0) is 4.79 Å². The summed E-state index contributed by atoms with van der Waals surface area (Å²) in [5.74, 6) is 0.248. The maximum Gasteiger partial charge on any atom is 0.291 e. The van der Waals surface area contributed by atoms with Gasteiger partial charge in [-0.2, -0.15) is 0 Å². The van der Waals surface area contributed by atoms with Gasteiger partial charge in [-0.1, -0.05) is 25.4 Å². The quantitative estimate of drug-likeness (QED) is 0.489. The molecular formula is C26H27ClFN3O3. The van der Waals surface area contributed by atoms with E-state index in [0.717, 1.165) is 18.8 Å². The Hall–Kier alpha value is -3.32. The molecule has 0 radical (unpaired) electrons. The Morgan fingerprint density at radius 2 is 1.74 bits per heavy atom.